The molecule has 8 N–H and O–H groups in total. The van der Waals surface area contributed by atoms with Crippen molar-refractivity contribution >= 4 is 70.4 Å². The van der Waals surface area contributed by atoms with E-state index in [0.717, 1.165) is 0 Å². The van der Waals surface area contributed by atoms with Gasteiger partial charge < -0.3 is 56.1 Å². The van der Waals surface area contributed by atoms with Gasteiger partial charge in [0.05, 0.1) is 81.3 Å². The molecule has 0 saturated carbocycles. The third kappa shape index (κ3) is 17.5. The van der Waals surface area contributed by atoms with E-state index in [2.05, 4.69) is 20.9 Å². The van der Waals surface area contributed by atoms with Gasteiger partial charge in [-0.25, -0.2) is 4.68 Å². The number of amides is 4. The molecule has 5 heterocycles. The first-order valence-corrected chi connectivity index (χ1v) is 27.9. The average molecular weight is 1180 g/mol. The molecule has 3 aliphatic heterocycles. The van der Waals surface area contributed by atoms with Crippen LogP contribution >= 0.6 is 23.2 Å². The lowest BCUT2D eigenvalue weighted by Gasteiger charge is -2.41. The van der Waals surface area contributed by atoms with E-state index in [1.165, 1.54) is 13.3 Å². The van der Waals surface area contributed by atoms with E-state index in [1.54, 1.807) is 60.8 Å². The van der Waals surface area contributed by atoms with Crippen LogP contribution < -0.4 is 31.2 Å². The summed E-state index contributed by atoms with van der Waals surface area (Å²) in [5.41, 5.74) is 9.76. The zero-order chi connectivity index (χ0) is 59.1. The molecule has 444 valence electrons. The van der Waals surface area contributed by atoms with Crippen molar-refractivity contribution in [2.24, 2.45) is 5.73 Å². The van der Waals surface area contributed by atoms with Gasteiger partial charge in [0.1, 0.15) is 18.1 Å². The van der Waals surface area contributed by atoms with E-state index in [0.29, 0.717) is 126 Å². The van der Waals surface area contributed by atoms with Gasteiger partial charge in [0.2, 0.25) is 17.7 Å². The molecule has 0 spiro atoms. The molecular weight excluding hydrogens is 1110 g/mol. The fraction of sp³-hybridized carbons (Fsp3) is 0.509. The van der Waals surface area contributed by atoms with Crippen LogP contribution in [0.1, 0.15) is 62.0 Å². The van der Waals surface area contributed by atoms with E-state index in [4.69, 9.17) is 48.2 Å². The van der Waals surface area contributed by atoms with E-state index >= 15 is 0 Å². The Morgan fingerprint density at radius 3 is 1.91 bits per heavy atom. The predicted molar refractivity (Wildman–Crippen MR) is 303 cm³/mol. The molecule has 0 aliphatic carbocycles. The molecule has 82 heavy (non-hydrogen) atoms. The number of carbonyl (C=O) groups excluding carboxylic acids is 4. The highest BCUT2D eigenvalue weighted by Gasteiger charge is 2.39. The van der Waals surface area contributed by atoms with Gasteiger partial charge in [0.15, 0.2) is 5.69 Å². The summed E-state index contributed by atoms with van der Waals surface area (Å²) in [6.07, 6.45) is 4.96. The van der Waals surface area contributed by atoms with Crippen LogP contribution in [-0.4, -0.2) is 226 Å². The number of anilines is 1. The number of benzene rings is 2. The van der Waals surface area contributed by atoms with E-state index in [9.17, 15) is 48.9 Å². The third-order valence-electron chi connectivity index (χ3n) is 14.3. The standard InChI is InChI=1S/C55H72Cl2N12O13/c1-55(2)34-81-20-19-68(55)54(79)51-42-33-82-45-26-44(80-3)40(25-41(45)52(42)69(63-51)39-23-36(56)22-37(57)24-39)35-21-38(28-59-27-35)62-46(70)8-6-10-61-53(78)43(58)7-4-5-9-60-47(71)29-64-11-13-65(30-48(72)73)15-17-67(32-50(76)77)18-16-66(14-12-64)31-49(74)75/h21-28,43H,4-20,29-34,58H2,1-3H3,(H,60,71)(H,61,78)(H,62,70)(H,72,73)(H,74,75)(H,76,77)/t43-/m1/s1. The van der Waals surface area contributed by atoms with E-state index in [-0.39, 0.29) is 114 Å². The van der Waals surface area contributed by atoms with Gasteiger partial charge in [-0.3, -0.25) is 58.1 Å². The predicted octanol–water partition coefficient (Wildman–Crippen LogP) is 2.98. The molecule has 4 aromatic rings. The summed E-state index contributed by atoms with van der Waals surface area (Å²) in [5.74, 6) is -3.42. The number of fused-ring (bicyclic) bond motifs is 3. The Bertz CT molecular complexity index is 2910. The quantitative estimate of drug-likeness (QED) is 0.0525. The Kier molecular flexibility index (Phi) is 22.4. The topological polar surface area (TPSA) is 317 Å². The number of hydrogen-bond acceptors (Lipinski definition) is 17. The highest BCUT2D eigenvalue weighted by Crippen LogP contribution is 2.47. The van der Waals surface area contributed by atoms with Crippen molar-refractivity contribution < 1.29 is 63.1 Å². The number of unbranched alkanes of at least 4 members (excludes halogenated alkanes) is 1. The number of aromatic nitrogens is 3. The fourth-order valence-electron chi connectivity index (χ4n) is 10.0. The number of aliphatic carboxylic acids is 3. The molecule has 3 aliphatic rings. The van der Waals surface area contributed by atoms with Crippen molar-refractivity contribution in [2.45, 2.75) is 64.1 Å². The number of carbonyl (C=O) groups is 7. The lowest BCUT2D eigenvalue weighted by Crippen LogP contribution is -2.55. The molecule has 25 nitrogen and oxygen atoms in total. The van der Waals surface area contributed by atoms with Crippen molar-refractivity contribution in [1.29, 1.82) is 0 Å². The van der Waals surface area contributed by atoms with Gasteiger partial charge >= 0.3 is 17.9 Å². The first kappa shape index (κ1) is 62.6. The molecular formula is C55H72Cl2N12O13. The van der Waals surface area contributed by atoms with Crippen molar-refractivity contribution in [3.8, 4) is 39.6 Å². The molecule has 0 unspecified atom stereocenters. The van der Waals surface area contributed by atoms with Crippen LogP contribution in [0.4, 0.5) is 5.69 Å². The van der Waals surface area contributed by atoms with Crippen LogP contribution in [0.25, 0.3) is 28.1 Å². The highest BCUT2D eigenvalue weighted by molar-refractivity contribution is 6.34. The number of ether oxygens (including phenoxy) is 3. The van der Waals surface area contributed by atoms with Crippen molar-refractivity contribution in [3.05, 3.63) is 70.1 Å². The van der Waals surface area contributed by atoms with Gasteiger partial charge in [-0.05, 0) is 69.9 Å². The number of nitrogens with zero attached hydrogens (tertiary/aromatic N) is 8. The number of halogens is 2. The average Bonchev–Trinajstić information content (AvgIpc) is 2.27. The highest BCUT2D eigenvalue weighted by atomic mass is 35.5. The van der Waals surface area contributed by atoms with Crippen molar-refractivity contribution in [1.82, 2.24) is 49.9 Å². The summed E-state index contributed by atoms with van der Waals surface area (Å²) < 4.78 is 19.5. The molecule has 27 heteroatoms. The van der Waals surface area contributed by atoms with Crippen molar-refractivity contribution in [3.63, 3.8) is 0 Å². The van der Waals surface area contributed by atoms with Gasteiger partial charge in [0.25, 0.3) is 5.91 Å². The van der Waals surface area contributed by atoms with Crippen LogP contribution in [0.15, 0.2) is 48.8 Å². The lowest BCUT2D eigenvalue weighted by atomic mass is 9.95. The second-order valence-corrected chi connectivity index (χ2v) is 21.9. The molecule has 2 saturated heterocycles. The minimum atomic E-state index is -1.04. The van der Waals surface area contributed by atoms with Gasteiger partial charge in [-0.15, -0.1) is 0 Å². The van der Waals surface area contributed by atoms with Crippen molar-refractivity contribution in [2.75, 3.05) is 124 Å². The third-order valence-corrected chi connectivity index (χ3v) is 14.7. The number of rotatable bonds is 23. The number of methoxy groups -OCH3 is 1. The number of carboxylic acids is 3. The smallest absolute Gasteiger partial charge is 0.317 e. The minimum absolute atomic E-state index is 0.0165. The van der Waals surface area contributed by atoms with Crippen LogP contribution in [0.3, 0.4) is 0 Å². The Morgan fingerprint density at radius 1 is 0.732 bits per heavy atom. The summed E-state index contributed by atoms with van der Waals surface area (Å²) in [7, 11) is 1.53. The monoisotopic (exact) mass is 1180 g/mol. The normalized spacial score (nSPS) is 16.7. The summed E-state index contributed by atoms with van der Waals surface area (Å²) >= 11 is 13.0. The van der Waals surface area contributed by atoms with Crippen LogP contribution in [0.2, 0.25) is 10.0 Å². The molecule has 7 rings (SSSR count). The number of pyridine rings is 1. The lowest BCUT2D eigenvalue weighted by molar-refractivity contribution is -0.140. The zero-order valence-electron chi connectivity index (χ0n) is 46.3. The Balaban J connectivity index is 0.889. The fourth-order valence-corrected chi connectivity index (χ4v) is 10.5. The SMILES string of the molecule is COc1cc2c(cc1-c1cncc(NC(=O)CCCNC(=O)[C@H](N)CCCCNC(=O)CN3CCN(CC(=O)O)CCN(CC(=O)O)CCN(CC(=O)O)CC3)c1)-c1c(c(C(=O)N3CCOCC3(C)C)nn1-c1cc(Cl)cc(Cl)c1)CO2. The van der Waals surface area contributed by atoms with E-state index in [1.807, 2.05) is 24.8 Å². The van der Waals surface area contributed by atoms with Gasteiger partial charge in [0, 0.05) is 123 Å². The molecule has 1 atom stereocenters. The molecule has 2 aromatic heterocycles. The number of nitrogens with two attached hydrogens (primary N) is 1. The second-order valence-electron chi connectivity index (χ2n) is 21.0. The first-order valence-electron chi connectivity index (χ1n) is 27.1. The molecule has 2 fully saturated rings. The molecule has 0 bridgehead atoms. The second kappa shape index (κ2) is 29.3. The van der Waals surface area contributed by atoms with Crippen LogP contribution in [0.5, 0.6) is 11.5 Å². The maximum Gasteiger partial charge on any atom is 0.317 e. The van der Waals surface area contributed by atoms with Crippen LogP contribution in [0, 0.1) is 0 Å². The number of hydrogen-bond donors (Lipinski definition) is 7. The molecule has 0 radical (unpaired) electrons. The van der Waals surface area contributed by atoms with Crippen LogP contribution in [-0.2, 0) is 40.1 Å². The Hall–Kier alpha value is -6.97. The summed E-state index contributed by atoms with van der Waals surface area (Å²) in [6.45, 7) is 7.01. The van der Waals surface area contributed by atoms with Gasteiger partial charge in [-0.2, -0.15) is 5.10 Å². The summed E-state index contributed by atoms with van der Waals surface area (Å²) in [6, 6.07) is 9.60. The molecule has 2 aromatic carbocycles. The number of carboxylic acid groups (broad SMARTS) is 3. The summed E-state index contributed by atoms with van der Waals surface area (Å²) in [5, 5.41) is 42.6. The largest absolute Gasteiger partial charge is 0.496 e. The molecule has 4 amide bonds. The van der Waals surface area contributed by atoms with E-state index < -0.39 is 29.5 Å². The minimum Gasteiger partial charge on any atom is -0.496 e. The Labute approximate surface area is 484 Å². The zero-order valence-corrected chi connectivity index (χ0v) is 47.8. The number of nitrogens with one attached hydrogen (secondary N) is 3. The maximum absolute atomic E-state index is 14.4. The Morgan fingerprint density at radius 2 is 1.33 bits per heavy atom. The summed E-state index contributed by atoms with van der Waals surface area (Å²) in [4.78, 5) is 101. The number of morpholine rings is 1. The first-order chi connectivity index (χ1) is 39.2. The maximum atomic E-state index is 14.4. The van der Waals surface area contributed by atoms with Gasteiger partial charge in [-0.1, -0.05) is 23.2 Å².